The summed E-state index contributed by atoms with van der Waals surface area (Å²) in [6.07, 6.45) is 6.29. The molecule has 1 aromatic heterocycles. The summed E-state index contributed by atoms with van der Waals surface area (Å²) in [4.78, 5) is 41.6. The number of allylic oxidation sites excluding steroid dienone is 2. The van der Waals surface area contributed by atoms with Gasteiger partial charge < -0.3 is 20.4 Å². The first-order valence-corrected chi connectivity index (χ1v) is 12.5. The molecular formula is C30H31FN4O4. The monoisotopic (exact) mass is 530 g/mol. The van der Waals surface area contributed by atoms with Crippen LogP contribution in [-0.2, 0) is 9.53 Å². The van der Waals surface area contributed by atoms with Crippen molar-refractivity contribution in [1.82, 2.24) is 14.9 Å². The number of alkyl halides is 1. The Bertz CT molecular complexity index is 1440. The summed E-state index contributed by atoms with van der Waals surface area (Å²) in [6.45, 7) is 4.95. The van der Waals surface area contributed by atoms with Gasteiger partial charge in [-0.3, -0.25) is 9.59 Å². The number of hydrogen-bond acceptors (Lipinski definition) is 5. The number of nitrogens with two attached hydrogens (primary N) is 1. The van der Waals surface area contributed by atoms with Gasteiger partial charge in [0.15, 0.2) is 11.5 Å². The normalized spacial score (nSPS) is 18.8. The molecule has 0 saturated heterocycles. The van der Waals surface area contributed by atoms with E-state index in [-0.39, 0.29) is 6.42 Å². The number of aryl methyl sites for hydroxylation is 1. The minimum absolute atomic E-state index is 0.275. The molecule has 0 saturated carbocycles. The van der Waals surface area contributed by atoms with Gasteiger partial charge in [-0.25, -0.2) is 14.2 Å². The van der Waals surface area contributed by atoms with E-state index in [1.165, 1.54) is 6.08 Å². The van der Waals surface area contributed by atoms with E-state index < -0.39 is 41.5 Å². The molecule has 9 heteroatoms. The molecule has 3 aromatic rings. The van der Waals surface area contributed by atoms with Crippen LogP contribution < -0.4 is 11.1 Å². The summed E-state index contributed by atoms with van der Waals surface area (Å²) in [5.41, 5.74) is 5.25. The van der Waals surface area contributed by atoms with Crippen LogP contribution in [0.25, 0.3) is 11.3 Å². The van der Waals surface area contributed by atoms with Crippen LogP contribution in [0.15, 0.2) is 85.3 Å². The van der Waals surface area contributed by atoms with Crippen LogP contribution >= 0.6 is 0 Å². The maximum absolute atomic E-state index is 16.5. The lowest BCUT2D eigenvalue weighted by molar-refractivity contribution is -0.121. The van der Waals surface area contributed by atoms with Gasteiger partial charge in [0.2, 0.25) is 5.91 Å². The van der Waals surface area contributed by atoms with Crippen LogP contribution in [0.2, 0.25) is 0 Å². The van der Waals surface area contributed by atoms with Gasteiger partial charge in [-0.15, -0.1) is 0 Å². The second-order valence-corrected chi connectivity index (χ2v) is 10.2. The molecule has 0 radical (unpaired) electrons. The Balaban J connectivity index is 1.54. The number of rotatable bonds is 9. The SMILES string of the molecule is Cc1cn(-c2cccc(C(=O)CC(=O)NC3C=C(c4ccccc4)C=CC3(F)CC(C)(C)OC(N)=O)c2)cn1. The average molecular weight is 531 g/mol. The molecule has 2 unspecified atom stereocenters. The first kappa shape index (κ1) is 27.5. The van der Waals surface area contributed by atoms with Crippen molar-refractivity contribution in [3.63, 3.8) is 0 Å². The van der Waals surface area contributed by atoms with E-state index in [4.69, 9.17) is 10.5 Å². The van der Waals surface area contributed by atoms with Crippen molar-refractivity contribution < 1.29 is 23.5 Å². The summed E-state index contributed by atoms with van der Waals surface area (Å²) in [7, 11) is 0. The highest BCUT2D eigenvalue weighted by Crippen LogP contribution is 2.37. The van der Waals surface area contributed by atoms with Gasteiger partial charge in [0.25, 0.3) is 0 Å². The van der Waals surface area contributed by atoms with Gasteiger partial charge in [0.1, 0.15) is 5.60 Å². The average Bonchev–Trinajstić information content (AvgIpc) is 3.31. The van der Waals surface area contributed by atoms with Crippen molar-refractivity contribution in [3.8, 4) is 5.69 Å². The maximum Gasteiger partial charge on any atom is 0.405 e. The predicted molar refractivity (Wildman–Crippen MR) is 146 cm³/mol. The molecule has 1 heterocycles. The number of carbonyl (C=O) groups is 3. The predicted octanol–water partition coefficient (Wildman–Crippen LogP) is 4.86. The van der Waals surface area contributed by atoms with E-state index in [1.807, 2.05) is 49.5 Å². The molecule has 39 heavy (non-hydrogen) atoms. The van der Waals surface area contributed by atoms with E-state index in [0.29, 0.717) is 11.1 Å². The Hall–Kier alpha value is -4.53. The topological polar surface area (TPSA) is 116 Å². The van der Waals surface area contributed by atoms with Gasteiger partial charge in [-0.05, 0) is 50.1 Å². The van der Waals surface area contributed by atoms with E-state index in [0.717, 1.165) is 16.9 Å². The number of amides is 2. The molecular weight excluding hydrogens is 499 g/mol. The molecule has 0 aliphatic heterocycles. The summed E-state index contributed by atoms with van der Waals surface area (Å²) in [5.74, 6) is -1.05. The number of nitrogens with zero attached hydrogens (tertiary/aromatic N) is 2. The molecule has 3 N–H and O–H groups in total. The van der Waals surface area contributed by atoms with Crippen molar-refractivity contribution in [1.29, 1.82) is 0 Å². The molecule has 1 aliphatic rings. The van der Waals surface area contributed by atoms with E-state index in [2.05, 4.69) is 10.3 Å². The number of primary amides is 1. The number of carbonyl (C=O) groups excluding carboxylic acids is 3. The van der Waals surface area contributed by atoms with Gasteiger partial charge in [-0.2, -0.15) is 0 Å². The molecule has 1 aliphatic carbocycles. The molecule has 0 bridgehead atoms. The Morgan fingerprint density at radius 1 is 1.15 bits per heavy atom. The lowest BCUT2D eigenvalue weighted by Crippen LogP contribution is -2.53. The highest BCUT2D eigenvalue weighted by atomic mass is 19.1. The maximum atomic E-state index is 16.5. The van der Waals surface area contributed by atoms with Crippen LogP contribution in [0.5, 0.6) is 0 Å². The Morgan fingerprint density at radius 2 is 1.90 bits per heavy atom. The number of ketones is 1. The molecule has 8 nitrogen and oxygen atoms in total. The van der Waals surface area contributed by atoms with Gasteiger partial charge in [0, 0.05) is 23.9 Å². The number of nitrogens with one attached hydrogen (secondary N) is 1. The standard InChI is InChI=1S/C30H31FN4O4/c1-20-17-35(19-33-20)24-11-7-10-23(14-24)25(36)16-27(37)34-26-15-22(21-8-5-4-6-9-21)12-13-30(26,31)18-29(2,3)39-28(32)38/h4-15,17,19,26H,16,18H2,1-3H3,(H2,32,38)(H,34,37). The first-order chi connectivity index (χ1) is 18.4. The van der Waals surface area contributed by atoms with Crippen LogP contribution in [0.3, 0.4) is 0 Å². The quantitative estimate of drug-likeness (QED) is 0.303. The lowest BCUT2D eigenvalue weighted by Gasteiger charge is -2.38. The minimum Gasteiger partial charge on any atom is -0.444 e. The minimum atomic E-state index is -2.12. The van der Waals surface area contributed by atoms with Crippen LogP contribution in [0.1, 0.15) is 48.3 Å². The summed E-state index contributed by atoms with van der Waals surface area (Å²) < 4.78 is 23.4. The third kappa shape index (κ3) is 6.87. The number of hydrogen-bond donors (Lipinski definition) is 2. The molecule has 2 amide bonds. The number of benzene rings is 2. The van der Waals surface area contributed by atoms with E-state index >= 15 is 4.39 Å². The molecule has 4 rings (SSSR count). The zero-order chi connectivity index (χ0) is 28.2. The summed E-state index contributed by atoms with van der Waals surface area (Å²) in [5, 5.41) is 2.69. The fourth-order valence-corrected chi connectivity index (χ4v) is 4.69. The molecule has 0 fully saturated rings. The zero-order valence-electron chi connectivity index (χ0n) is 22.1. The van der Waals surface area contributed by atoms with Gasteiger partial charge >= 0.3 is 6.09 Å². The largest absolute Gasteiger partial charge is 0.444 e. The van der Waals surface area contributed by atoms with Crippen molar-refractivity contribution in [3.05, 3.63) is 102 Å². The van der Waals surface area contributed by atoms with E-state index in [9.17, 15) is 14.4 Å². The molecule has 0 spiro atoms. The lowest BCUT2D eigenvalue weighted by atomic mass is 9.79. The van der Waals surface area contributed by atoms with Gasteiger partial charge in [-0.1, -0.05) is 54.6 Å². The van der Waals surface area contributed by atoms with Crippen LogP contribution in [0.4, 0.5) is 9.18 Å². The Labute approximate surface area is 226 Å². The van der Waals surface area contributed by atoms with Crippen molar-refractivity contribution in [2.24, 2.45) is 5.73 Å². The smallest absolute Gasteiger partial charge is 0.405 e. The fourth-order valence-electron chi connectivity index (χ4n) is 4.69. The highest BCUT2D eigenvalue weighted by Gasteiger charge is 2.44. The first-order valence-electron chi connectivity index (χ1n) is 12.5. The fraction of sp³-hybridized carbons (Fsp3) is 0.267. The number of imidazole rings is 1. The molecule has 202 valence electrons. The summed E-state index contributed by atoms with van der Waals surface area (Å²) >= 11 is 0. The van der Waals surface area contributed by atoms with Gasteiger partial charge in [0.05, 0.1) is 24.5 Å². The van der Waals surface area contributed by atoms with Crippen molar-refractivity contribution in [2.75, 3.05) is 0 Å². The number of Topliss-reactive ketones (excluding diaryl/α,β-unsaturated/α-hetero) is 1. The third-order valence-corrected chi connectivity index (χ3v) is 6.40. The Kier molecular flexibility index (Phi) is 7.80. The van der Waals surface area contributed by atoms with Crippen molar-refractivity contribution in [2.45, 2.75) is 50.9 Å². The van der Waals surface area contributed by atoms with Crippen LogP contribution in [0, 0.1) is 6.92 Å². The number of ether oxygens (including phenoxy) is 1. The molecule has 2 aromatic carbocycles. The van der Waals surface area contributed by atoms with Crippen molar-refractivity contribution >= 4 is 23.4 Å². The second kappa shape index (κ2) is 11.1. The zero-order valence-corrected chi connectivity index (χ0v) is 22.1. The number of aromatic nitrogens is 2. The third-order valence-electron chi connectivity index (χ3n) is 6.40. The summed E-state index contributed by atoms with van der Waals surface area (Å²) in [6, 6.07) is 15.1. The highest BCUT2D eigenvalue weighted by molar-refractivity contribution is 6.07. The second-order valence-electron chi connectivity index (χ2n) is 10.2. The van der Waals surface area contributed by atoms with Crippen LogP contribution in [-0.4, -0.2) is 44.6 Å². The van der Waals surface area contributed by atoms with E-state index in [1.54, 1.807) is 55.1 Å². The Morgan fingerprint density at radius 3 is 2.56 bits per heavy atom. The number of halogens is 1. The molecule has 2 atom stereocenters.